The fraction of sp³-hybridized carbons (Fsp3) is 0.625. The Kier molecular flexibility index (Phi) is 6.15. The van der Waals surface area contributed by atoms with E-state index in [0.717, 1.165) is 37.3 Å². The van der Waals surface area contributed by atoms with Gasteiger partial charge < -0.3 is 19.5 Å². The van der Waals surface area contributed by atoms with Gasteiger partial charge in [-0.25, -0.2) is 0 Å². The van der Waals surface area contributed by atoms with Gasteiger partial charge in [0.05, 0.1) is 12.7 Å². The lowest BCUT2D eigenvalue weighted by Crippen LogP contribution is -2.33. The van der Waals surface area contributed by atoms with Crippen molar-refractivity contribution in [1.29, 1.82) is 0 Å². The zero-order valence-electron chi connectivity index (χ0n) is 12.4. The first kappa shape index (κ1) is 15.1. The van der Waals surface area contributed by atoms with Crippen LogP contribution in [-0.2, 0) is 9.47 Å². The number of ether oxygens (including phenoxy) is 3. The van der Waals surface area contributed by atoms with Crippen molar-refractivity contribution in [3.63, 3.8) is 0 Å². The number of hydrogen-bond acceptors (Lipinski definition) is 4. The molecule has 0 radical (unpaired) electrons. The third-order valence-corrected chi connectivity index (χ3v) is 3.60. The van der Waals surface area contributed by atoms with Crippen molar-refractivity contribution in [2.24, 2.45) is 0 Å². The predicted octanol–water partition coefficient (Wildman–Crippen LogP) is 3.08. The number of methoxy groups -OCH3 is 1. The molecule has 0 bridgehead atoms. The smallest absolute Gasteiger partial charge is 0.119 e. The number of hydrogen-bond donors (Lipinski definition) is 1. The lowest BCUT2D eigenvalue weighted by molar-refractivity contribution is 0.00925. The lowest BCUT2D eigenvalue weighted by atomic mass is 10.0. The molecular formula is C16H25NO3. The van der Waals surface area contributed by atoms with Gasteiger partial charge >= 0.3 is 0 Å². The Hall–Kier alpha value is -1.26. The minimum absolute atomic E-state index is 0.401. The molecule has 0 spiro atoms. The Bertz CT molecular complexity index is 380. The van der Waals surface area contributed by atoms with Crippen LogP contribution < -0.4 is 10.1 Å². The molecule has 112 valence electrons. The van der Waals surface area contributed by atoms with Crippen LogP contribution in [0.3, 0.4) is 0 Å². The van der Waals surface area contributed by atoms with E-state index in [9.17, 15) is 0 Å². The highest BCUT2D eigenvalue weighted by Crippen LogP contribution is 2.22. The van der Waals surface area contributed by atoms with E-state index in [1.807, 2.05) is 12.1 Å². The maximum absolute atomic E-state index is 5.70. The normalized spacial score (nSPS) is 22.5. The van der Waals surface area contributed by atoms with Crippen LogP contribution in [0.1, 0.15) is 26.2 Å². The van der Waals surface area contributed by atoms with E-state index in [1.54, 1.807) is 7.11 Å². The zero-order chi connectivity index (χ0) is 14.2. The first-order chi connectivity index (χ1) is 9.81. The van der Waals surface area contributed by atoms with E-state index in [4.69, 9.17) is 14.2 Å². The van der Waals surface area contributed by atoms with Gasteiger partial charge in [0.25, 0.3) is 0 Å². The van der Waals surface area contributed by atoms with E-state index >= 15 is 0 Å². The molecule has 4 nitrogen and oxygen atoms in total. The molecule has 0 amide bonds. The van der Waals surface area contributed by atoms with Gasteiger partial charge in [0, 0.05) is 25.4 Å². The van der Waals surface area contributed by atoms with Crippen LogP contribution in [-0.4, -0.2) is 39.1 Å². The van der Waals surface area contributed by atoms with Gasteiger partial charge in [-0.1, -0.05) is 6.92 Å². The first-order valence-electron chi connectivity index (χ1n) is 7.41. The van der Waals surface area contributed by atoms with Crippen molar-refractivity contribution in [3.05, 3.63) is 24.3 Å². The van der Waals surface area contributed by atoms with Gasteiger partial charge in [-0.2, -0.15) is 0 Å². The molecular weight excluding hydrogens is 254 g/mol. The predicted molar refractivity (Wildman–Crippen MR) is 80.5 cm³/mol. The van der Waals surface area contributed by atoms with Crippen LogP contribution in [0.25, 0.3) is 0 Å². The molecule has 1 aliphatic rings. The van der Waals surface area contributed by atoms with E-state index in [-0.39, 0.29) is 0 Å². The standard InChI is InChI=1S/C16H25NO3/c1-3-15-12-14(8-9-19-15)17-13-4-6-16(7-5-13)20-11-10-18-2/h4-7,14-15,17H,3,8-12H2,1-2H3. The molecule has 2 rings (SSSR count). The Morgan fingerprint density at radius 3 is 2.75 bits per heavy atom. The topological polar surface area (TPSA) is 39.7 Å². The summed E-state index contributed by atoms with van der Waals surface area (Å²) in [5, 5.41) is 3.58. The summed E-state index contributed by atoms with van der Waals surface area (Å²) in [4.78, 5) is 0. The van der Waals surface area contributed by atoms with Crippen molar-refractivity contribution in [2.45, 2.75) is 38.3 Å². The summed E-state index contributed by atoms with van der Waals surface area (Å²) in [5.74, 6) is 0.881. The van der Waals surface area contributed by atoms with Gasteiger partial charge in [0.15, 0.2) is 0 Å². The Morgan fingerprint density at radius 2 is 2.05 bits per heavy atom. The fourth-order valence-corrected chi connectivity index (χ4v) is 2.42. The van der Waals surface area contributed by atoms with Gasteiger partial charge in [0.2, 0.25) is 0 Å². The molecule has 1 aromatic carbocycles. The van der Waals surface area contributed by atoms with Crippen molar-refractivity contribution < 1.29 is 14.2 Å². The van der Waals surface area contributed by atoms with Crippen LogP contribution in [0, 0.1) is 0 Å². The summed E-state index contributed by atoms with van der Waals surface area (Å²) in [6.45, 7) is 4.23. The minimum Gasteiger partial charge on any atom is -0.491 e. The molecule has 2 unspecified atom stereocenters. The highest BCUT2D eigenvalue weighted by atomic mass is 16.5. The van der Waals surface area contributed by atoms with Crippen LogP contribution in [0.4, 0.5) is 5.69 Å². The molecule has 0 saturated carbocycles. The fourth-order valence-electron chi connectivity index (χ4n) is 2.42. The van der Waals surface area contributed by atoms with Crippen molar-refractivity contribution in [2.75, 3.05) is 32.2 Å². The van der Waals surface area contributed by atoms with E-state index in [1.165, 1.54) is 0 Å². The summed E-state index contributed by atoms with van der Waals surface area (Å²) in [7, 11) is 1.67. The van der Waals surface area contributed by atoms with Crippen molar-refractivity contribution in [1.82, 2.24) is 0 Å². The quantitative estimate of drug-likeness (QED) is 0.779. The average molecular weight is 279 g/mol. The highest BCUT2D eigenvalue weighted by Gasteiger charge is 2.20. The molecule has 1 aliphatic heterocycles. The van der Waals surface area contributed by atoms with Crippen LogP contribution in [0.2, 0.25) is 0 Å². The first-order valence-corrected chi connectivity index (χ1v) is 7.41. The van der Waals surface area contributed by atoms with Crippen LogP contribution >= 0.6 is 0 Å². The third kappa shape index (κ3) is 4.69. The molecule has 0 aromatic heterocycles. The van der Waals surface area contributed by atoms with Crippen LogP contribution in [0.5, 0.6) is 5.75 Å². The summed E-state index contributed by atoms with van der Waals surface area (Å²) in [6, 6.07) is 8.63. The van der Waals surface area contributed by atoms with Crippen molar-refractivity contribution >= 4 is 5.69 Å². The second-order valence-electron chi connectivity index (χ2n) is 5.13. The average Bonchev–Trinajstić information content (AvgIpc) is 2.49. The van der Waals surface area contributed by atoms with Crippen molar-refractivity contribution in [3.8, 4) is 5.75 Å². The molecule has 1 saturated heterocycles. The van der Waals surface area contributed by atoms with Gasteiger partial charge in [0.1, 0.15) is 12.4 Å². The van der Waals surface area contributed by atoms with E-state index in [0.29, 0.717) is 25.4 Å². The number of rotatable bonds is 7. The molecule has 0 aliphatic carbocycles. The molecule has 1 aromatic rings. The summed E-state index contributed by atoms with van der Waals surface area (Å²) < 4.78 is 16.2. The minimum atomic E-state index is 0.401. The second kappa shape index (κ2) is 8.12. The lowest BCUT2D eigenvalue weighted by Gasteiger charge is -2.30. The Balaban J connectivity index is 1.80. The van der Waals surface area contributed by atoms with E-state index < -0.39 is 0 Å². The molecule has 1 N–H and O–H groups in total. The summed E-state index contributed by atoms with van der Waals surface area (Å²) >= 11 is 0. The molecule has 4 heteroatoms. The van der Waals surface area contributed by atoms with Gasteiger partial charge in [-0.3, -0.25) is 0 Å². The maximum atomic E-state index is 5.70. The molecule has 2 atom stereocenters. The summed E-state index contributed by atoms with van der Waals surface area (Å²) in [6.07, 6.45) is 3.65. The Morgan fingerprint density at radius 1 is 1.25 bits per heavy atom. The van der Waals surface area contributed by atoms with E-state index in [2.05, 4.69) is 24.4 Å². The monoisotopic (exact) mass is 279 g/mol. The third-order valence-electron chi connectivity index (χ3n) is 3.60. The second-order valence-corrected chi connectivity index (χ2v) is 5.13. The summed E-state index contributed by atoms with van der Waals surface area (Å²) in [5.41, 5.74) is 1.14. The largest absolute Gasteiger partial charge is 0.491 e. The number of anilines is 1. The number of benzene rings is 1. The Labute approximate surface area is 121 Å². The van der Waals surface area contributed by atoms with Gasteiger partial charge in [-0.15, -0.1) is 0 Å². The number of nitrogens with one attached hydrogen (secondary N) is 1. The SMILES string of the molecule is CCC1CC(Nc2ccc(OCCOC)cc2)CCO1. The molecule has 1 fully saturated rings. The zero-order valence-corrected chi connectivity index (χ0v) is 12.4. The molecule has 20 heavy (non-hydrogen) atoms. The molecule has 1 heterocycles. The highest BCUT2D eigenvalue weighted by molar-refractivity contribution is 5.47. The van der Waals surface area contributed by atoms with Gasteiger partial charge in [-0.05, 0) is 43.5 Å². The van der Waals surface area contributed by atoms with Crippen LogP contribution in [0.15, 0.2) is 24.3 Å². The maximum Gasteiger partial charge on any atom is 0.119 e.